The van der Waals surface area contributed by atoms with E-state index in [0.717, 1.165) is 6.42 Å². The largest absolute Gasteiger partial charge is 0.348 e. The minimum absolute atomic E-state index is 0.447. The molecule has 0 bridgehead atoms. The molecule has 2 amide bonds. The van der Waals surface area contributed by atoms with Crippen molar-refractivity contribution in [3.05, 3.63) is 29.8 Å². The molecule has 4 nitrogen and oxygen atoms in total. The highest BCUT2D eigenvalue weighted by molar-refractivity contribution is 6.39. The SMILES string of the molecule is CC(C)c1ccc(NC(=O)C(=O)NCCC2CCCCC2)cc1. The smallest absolute Gasteiger partial charge is 0.313 e. The van der Waals surface area contributed by atoms with Crippen LogP contribution in [0.25, 0.3) is 0 Å². The summed E-state index contributed by atoms with van der Waals surface area (Å²) in [6, 6.07) is 7.62. The molecule has 0 heterocycles. The second kappa shape index (κ2) is 8.70. The Hall–Kier alpha value is -1.84. The van der Waals surface area contributed by atoms with Gasteiger partial charge < -0.3 is 10.6 Å². The van der Waals surface area contributed by atoms with Gasteiger partial charge in [-0.1, -0.05) is 58.1 Å². The van der Waals surface area contributed by atoms with Gasteiger partial charge in [-0.15, -0.1) is 0 Å². The lowest BCUT2D eigenvalue weighted by Gasteiger charge is -2.21. The predicted octanol–water partition coefficient (Wildman–Crippen LogP) is 3.84. The van der Waals surface area contributed by atoms with Gasteiger partial charge in [0.25, 0.3) is 0 Å². The molecule has 0 atom stereocenters. The summed E-state index contributed by atoms with van der Waals surface area (Å²) in [7, 11) is 0. The van der Waals surface area contributed by atoms with Crippen molar-refractivity contribution >= 4 is 17.5 Å². The van der Waals surface area contributed by atoms with E-state index in [1.54, 1.807) is 0 Å². The summed E-state index contributed by atoms with van der Waals surface area (Å²) >= 11 is 0. The highest BCUT2D eigenvalue weighted by Gasteiger charge is 2.16. The Morgan fingerprint density at radius 3 is 2.30 bits per heavy atom. The van der Waals surface area contributed by atoms with Gasteiger partial charge in [-0.3, -0.25) is 9.59 Å². The van der Waals surface area contributed by atoms with Crippen molar-refractivity contribution in [2.24, 2.45) is 5.92 Å². The maximum atomic E-state index is 11.9. The molecule has 1 aromatic carbocycles. The van der Waals surface area contributed by atoms with Crippen LogP contribution in [0.5, 0.6) is 0 Å². The number of nitrogens with one attached hydrogen (secondary N) is 2. The summed E-state index contributed by atoms with van der Waals surface area (Å²) in [6.07, 6.45) is 7.41. The molecule has 0 unspecified atom stereocenters. The summed E-state index contributed by atoms with van der Waals surface area (Å²) in [5, 5.41) is 5.37. The number of amides is 2. The third-order valence-electron chi connectivity index (χ3n) is 4.60. The van der Waals surface area contributed by atoms with Crippen LogP contribution in [0, 0.1) is 5.92 Å². The molecule has 1 aliphatic carbocycles. The van der Waals surface area contributed by atoms with Crippen LogP contribution in [0.2, 0.25) is 0 Å². The van der Waals surface area contributed by atoms with Crippen molar-refractivity contribution in [3.8, 4) is 0 Å². The van der Waals surface area contributed by atoms with Crippen LogP contribution in [0.4, 0.5) is 5.69 Å². The van der Waals surface area contributed by atoms with Crippen LogP contribution >= 0.6 is 0 Å². The Bertz CT molecular complexity index is 517. The minimum Gasteiger partial charge on any atom is -0.348 e. The van der Waals surface area contributed by atoms with Gasteiger partial charge in [0.2, 0.25) is 0 Å². The maximum Gasteiger partial charge on any atom is 0.313 e. The lowest BCUT2D eigenvalue weighted by atomic mass is 9.87. The van der Waals surface area contributed by atoms with Gasteiger partial charge in [-0.05, 0) is 36.0 Å². The molecule has 23 heavy (non-hydrogen) atoms. The third kappa shape index (κ3) is 5.70. The van der Waals surface area contributed by atoms with Gasteiger partial charge in [-0.2, -0.15) is 0 Å². The second-order valence-electron chi connectivity index (χ2n) is 6.78. The van der Waals surface area contributed by atoms with Crippen molar-refractivity contribution in [2.45, 2.75) is 58.3 Å². The molecule has 2 rings (SSSR count). The van der Waals surface area contributed by atoms with Crippen LogP contribution in [-0.2, 0) is 9.59 Å². The average Bonchev–Trinajstić information content (AvgIpc) is 2.56. The molecular weight excluding hydrogens is 288 g/mol. The van der Waals surface area contributed by atoms with Gasteiger partial charge in [0, 0.05) is 12.2 Å². The fourth-order valence-electron chi connectivity index (χ4n) is 3.09. The molecule has 1 saturated carbocycles. The first-order valence-electron chi connectivity index (χ1n) is 8.75. The van der Waals surface area contributed by atoms with Gasteiger partial charge in [0.05, 0.1) is 0 Å². The van der Waals surface area contributed by atoms with Crippen molar-refractivity contribution in [1.82, 2.24) is 5.32 Å². The lowest BCUT2D eigenvalue weighted by Crippen LogP contribution is -2.36. The first kappa shape index (κ1) is 17.5. The quantitative estimate of drug-likeness (QED) is 0.811. The Labute approximate surface area is 139 Å². The van der Waals surface area contributed by atoms with Crippen molar-refractivity contribution < 1.29 is 9.59 Å². The minimum atomic E-state index is -0.592. The molecule has 1 aliphatic rings. The van der Waals surface area contributed by atoms with E-state index >= 15 is 0 Å². The number of rotatable bonds is 5. The van der Waals surface area contributed by atoms with E-state index in [-0.39, 0.29) is 0 Å². The number of hydrogen-bond acceptors (Lipinski definition) is 2. The van der Waals surface area contributed by atoms with Gasteiger partial charge in [-0.25, -0.2) is 0 Å². The van der Waals surface area contributed by atoms with E-state index in [1.807, 2.05) is 24.3 Å². The van der Waals surface area contributed by atoms with E-state index in [0.29, 0.717) is 24.1 Å². The number of carbonyl (C=O) groups excluding carboxylic acids is 2. The third-order valence-corrected chi connectivity index (χ3v) is 4.60. The van der Waals surface area contributed by atoms with Gasteiger partial charge in [0.1, 0.15) is 0 Å². The average molecular weight is 316 g/mol. The van der Waals surface area contributed by atoms with Gasteiger partial charge in [0.15, 0.2) is 0 Å². The van der Waals surface area contributed by atoms with E-state index in [4.69, 9.17) is 0 Å². The van der Waals surface area contributed by atoms with E-state index in [1.165, 1.54) is 37.7 Å². The van der Waals surface area contributed by atoms with Crippen LogP contribution < -0.4 is 10.6 Å². The Balaban J connectivity index is 1.72. The summed E-state index contributed by atoms with van der Waals surface area (Å²) in [6.45, 7) is 4.82. The molecule has 2 N–H and O–H groups in total. The zero-order valence-electron chi connectivity index (χ0n) is 14.2. The zero-order valence-corrected chi connectivity index (χ0v) is 14.2. The summed E-state index contributed by atoms with van der Waals surface area (Å²) in [5.41, 5.74) is 1.86. The normalized spacial score (nSPS) is 15.4. The molecule has 126 valence electrons. The van der Waals surface area contributed by atoms with Crippen molar-refractivity contribution in [3.63, 3.8) is 0 Å². The molecule has 1 fully saturated rings. The zero-order chi connectivity index (χ0) is 16.7. The van der Waals surface area contributed by atoms with E-state index in [9.17, 15) is 9.59 Å². The van der Waals surface area contributed by atoms with Crippen LogP contribution in [0.15, 0.2) is 24.3 Å². The molecule has 0 saturated heterocycles. The molecule has 0 radical (unpaired) electrons. The Morgan fingerprint density at radius 2 is 1.70 bits per heavy atom. The summed E-state index contributed by atoms with van der Waals surface area (Å²) in [4.78, 5) is 23.7. The second-order valence-corrected chi connectivity index (χ2v) is 6.78. The molecule has 0 aromatic heterocycles. The molecule has 0 aliphatic heterocycles. The molecular formula is C19H28N2O2. The first-order chi connectivity index (χ1) is 11.1. The molecule has 4 heteroatoms. The van der Waals surface area contributed by atoms with Crippen LogP contribution in [-0.4, -0.2) is 18.4 Å². The fourth-order valence-corrected chi connectivity index (χ4v) is 3.09. The number of carbonyl (C=O) groups is 2. The van der Waals surface area contributed by atoms with Crippen LogP contribution in [0.1, 0.15) is 63.9 Å². The Kier molecular flexibility index (Phi) is 6.63. The lowest BCUT2D eigenvalue weighted by molar-refractivity contribution is -0.136. The Morgan fingerprint density at radius 1 is 1.04 bits per heavy atom. The van der Waals surface area contributed by atoms with Gasteiger partial charge >= 0.3 is 11.8 Å². The standard InChI is InChI=1S/C19H28N2O2/c1-14(2)16-8-10-17(11-9-16)21-19(23)18(22)20-13-12-15-6-4-3-5-7-15/h8-11,14-15H,3-7,12-13H2,1-2H3,(H,20,22)(H,21,23). The highest BCUT2D eigenvalue weighted by Crippen LogP contribution is 2.25. The topological polar surface area (TPSA) is 58.2 Å². The first-order valence-corrected chi connectivity index (χ1v) is 8.75. The maximum absolute atomic E-state index is 11.9. The van der Waals surface area contributed by atoms with Crippen molar-refractivity contribution in [2.75, 3.05) is 11.9 Å². The molecule has 1 aromatic rings. The van der Waals surface area contributed by atoms with E-state index < -0.39 is 11.8 Å². The highest BCUT2D eigenvalue weighted by atomic mass is 16.2. The fraction of sp³-hybridized carbons (Fsp3) is 0.579. The number of benzene rings is 1. The molecule has 0 spiro atoms. The predicted molar refractivity (Wildman–Crippen MR) is 93.4 cm³/mol. The summed E-state index contributed by atoms with van der Waals surface area (Å²) in [5.74, 6) is 0.0122. The number of anilines is 1. The summed E-state index contributed by atoms with van der Waals surface area (Å²) < 4.78 is 0. The van der Waals surface area contributed by atoms with Crippen LogP contribution in [0.3, 0.4) is 0 Å². The monoisotopic (exact) mass is 316 g/mol. The number of hydrogen-bond donors (Lipinski definition) is 2. The van der Waals surface area contributed by atoms with Crippen molar-refractivity contribution in [1.29, 1.82) is 0 Å². The van der Waals surface area contributed by atoms with E-state index in [2.05, 4.69) is 24.5 Å².